The van der Waals surface area contributed by atoms with Gasteiger partial charge in [-0.1, -0.05) is 32.6 Å². The maximum atomic E-state index is 5.43. The molecular weight excluding hydrogens is 242 g/mol. The smallest absolute Gasteiger partial charge is 0.0704 e. The van der Waals surface area contributed by atoms with Crippen LogP contribution in [0.1, 0.15) is 20.8 Å². The molecule has 0 saturated carbocycles. The molecule has 0 aliphatic carbocycles. The van der Waals surface area contributed by atoms with Gasteiger partial charge in [0.25, 0.3) is 0 Å². The second kappa shape index (κ2) is 12.2. The second-order valence-corrected chi connectivity index (χ2v) is 4.84. The van der Waals surface area contributed by atoms with Crippen LogP contribution in [-0.2, 0) is 14.2 Å². The van der Waals surface area contributed by atoms with Crippen LogP contribution >= 0.6 is 0 Å². The number of ether oxygens (including phenoxy) is 3. The number of allylic oxidation sites excluding steroid dienone is 1. The van der Waals surface area contributed by atoms with Crippen LogP contribution in [0.5, 0.6) is 0 Å². The number of nitrogens with one attached hydrogen (secondary N) is 1. The van der Waals surface area contributed by atoms with Crippen LogP contribution in [-0.4, -0.2) is 46.2 Å². The minimum atomic E-state index is 0.461. The molecule has 0 aromatic heterocycles. The first-order valence-corrected chi connectivity index (χ1v) is 6.84. The normalized spacial score (nSPS) is 10.7. The van der Waals surface area contributed by atoms with Crippen molar-refractivity contribution in [1.29, 1.82) is 0 Å². The van der Waals surface area contributed by atoms with E-state index in [2.05, 4.69) is 32.3 Å². The Morgan fingerprint density at radius 3 is 2.00 bits per heavy atom. The SMILES string of the molecule is C=C(C)COCCOCCOCCNC(=C)C(C)C. The molecule has 0 radical (unpaired) electrons. The third-order valence-electron chi connectivity index (χ3n) is 2.39. The Morgan fingerprint density at radius 2 is 1.47 bits per heavy atom. The molecule has 1 N–H and O–H groups in total. The zero-order valence-corrected chi connectivity index (χ0v) is 12.7. The van der Waals surface area contributed by atoms with E-state index < -0.39 is 0 Å². The van der Waals surface area contributed by atoms with Gasteiger partial charge in [-0.2, -0.15) is 0 Å². The highest BCUT2D eigenvalue weighted by Crippen LogP contribution is 2.00. The van der Waals surface area contributed by atoms with E-state index in [0.717, 1.165) is 17.8 Å². The van der Waals surface area contributed by atoms with Gasteiger partial charge in [0.05, 0.1) is 39.6 Å². The van der Waals surface area contributed by atoms with Crippen molar-refractivity contribution in [3.8, 4) is 0 Å². The van der Waals surface area contributed by atoms with Gasteiger partial charge < -0.3 is 19.5 Å². The summed E-state index contributed by atoms with van der Waals surface area (Å²) in [6.07, 6.45) is 0. The first-order chi connectivity index (χ1) is 9.04. The zero-order chi connectivity index (χ0) is 14.5. The Hall–Kier alpha value is -0.840. The van der Waals surface area contributed by atoms with E-state index in [9.17, 15) is 0 Å². The highest BCUT2D eigenvalue weighted by atomic mass is 16.5. The molecule has 0 aromatic rings. The van der Waals surface area contributed by atoms with E-state index in [1.165, 1.54) is 0 Å². The Labute approximate surface area is 117 Å². The van der Waals surface area contributed by atoms with Crippen LogP contribution in [0.2, 0.25) is 0 Å². The third kappa shape index (κ3) is 13.4. The van der Waals surface area contributed by atoms with E-state index in [1.54, 1.807) is 0 Å². The van der Waals surface area contributed by atoms with Gasteiger partial charge in [-0.25, -0.2) is 0 Å². The molecule has 0 rings (SSSR count). The standard InChI is InChI=1S/C15H29NO3/c1-13(2)12-19-11-10-18-9-8-17-7-6-16-15(5)14(3)4/h14,16H,1,5-12H2,2-4H3. The molecule has 0 atom stereocenters. The summed E-state index contributed by atoms with van der Waals surface area (Å²) in [5.41, 5.74) is 2.08. The lowest BCUT2D eigenvalue weighted by Gasteiger charge is -2.12. The van der Waals surface area contributed by atoms with Crippen molar-refractivity contribution >= 4 is 0 Å². The quantitative estimate of drug-likeness (QED) is 0.412. The average Bonchev–Trinajstić information content (AvgIpc) is 2.35. The van der Waals surface area contributed by atoms with Crippen LogP contribution in [0, 0.1) is 5.92 Å². The topological polar surface area (TPSA) is 39.7 Å². The molecule has 0 aliphatic heterocycles. The summed E-state index contributed by atoms with van der Waals surface area (Å²) in [5.74, 6) is 0.461. The van der Waals surface area contributed by atoms with Crippen LogP contribution < -0.4 is 5.32 Å². The molecule has 0 heterocycles. The van der Waals surface area contributed by atoms with Gasteiger partial charge in [0.1, 0.15) is 0 Å². The Balaban J connectivity index is 3.11. The molecule has 4 nitrogen and oxygen atoms in total. The number of rotatable bonds is 13. The molecule has 0 saturated heterocycles. The lowest BCUT2D eigenvalue weighted by Crippen LogP contribution is -2.22. The van der Waals surface area contributed by atoms with Gasteiger partial charge in [0, 0.05) is 12.2 Å². The van der Waals surface area contributed by atoms with Gasteiger partial charge in [0.15, 0.2) is 0 Å². The van der Waals surface area contributed by atoms with E-state index in [1.807, 2.05) is 6.92 Å². The zero-order valence-electron chi connectivity index (χ0n) is 12.7. The van der Waals surface area contributed by atoms with Crippen LogP contribution in [0.4, 0.5) is 0 Å². The van der Waals surface area contributed by atoms with Crippen molar-refractivity contribution < 1.29 is 14.2 Å². The first kappa shape index (κ1) is 18.2. The van der Waals surface area contributed by atoms with Gasteiger partial charge in [-0.15, -0.1) is 0 Å². The minimum Gasteiger partial charge on any atom is -0.386 e. The molecule has 19 heavy (non-hydrogen) atoms. The summed E-state index contributed by atoms with van der Waals surface area (Å²) < 4.78 is 16.1. The lowest BCUT2D eigenvalue weighted by atomic mass is 10.1. The Kier molecular flexibility index (Phi) is 11.7. The molecule has 0 fully saturated rings. The van der Waals surface area contributed by atoms with Crippen molar-refractivity contribution in [1.82, 2.24) is 5.32 Å². The molecule has 0 aromatic carbocycles. The highest BCUT2D eigenvalue weighted by Gasteiger charge is 1.98. The third-order valence-corrected chi connectivity index (χ3v) is 2.39. The van der Waals surface area contributed by atoms with Gasteiger partial charge in [0.2, 0.25) is 0 Å². The second-order valence-electron chi connectivity index (χ2n) is 4.84. The first-order valence-electron chi connectivity index (χ1n) is 6.84. The Bertz CT molecular complexity index is 252. The monoisotopic (exact) mass is 271 g/mol. The molecule has 112 valence electrons. The van der Waals surface area contributed by atoms with Crippen LogP contribution in [0.15, 0.2) is 24.4 Å². The van der Waals surface area contributed by atoms with Crippen molar-refractivity contribution in [2.75, 3.05) is 46.2 Å². The molecule has 4 heteroatoms. The molecule has 0 amide bonds. The van der Waals surface area contributed by atoms with Gasteiger partial charge >= 0.3 is 0 Å². The van der Waals surface area contributed by atoms with E-state index in [0.29, 0.717) is 45.6 Å². The van der Waals surface area contributed by atoms with Crippen molar-refractivity contribution in [3.05, 3.63) is 24.4 Å². The summed E-state index contributed by atoms with van der Waals surface area (Å²) in [6, 6.07) is 0. The largest absolute Gasteiger partial charge is 0.386 e. The minimum absolute atomic E-state index is 0.461. The van der Waals surface area contributed by atoms with Crippen LogP contribution in [0.25, 0.3) is 0 Å². The van der Waals surface area contributed by atoms with E-state index in [-0.39, 0.29) is 0 Å². The summed E-state index contributed by atoms with van der Waals surface area (Å²) in [7, 11) is 0. The molecule has 0 aliphatic rings. The van der Waals surface area contributed by atoms with Gasteiger partial charge in [-0.3, -0.25) is 0 Å². The average molecular weight is 271 g/mol. The van der Waals surface area contributed by atoms with E-state index in [4.69, 9.17) is 14.2 Å². The van der Waals surface area contributed by atoms with Crippen molar-refractivity contribution in [2.24, 2.45) is 5.92 Å². The predicted octanol–water partition coefficient (Wildman–Crippen LogP) is 2.37. The fourth-order valence-corrected chi connectivity index (χ4v) is 1.17. The molecule has 0 unspecified atom stereocenters. The summed E-state index contributed by atoms with van der Waals surface area (Å²) in [5, 5.41) is 3.22. The molecule has 0 bridgehead atoms. The maximum absolute atomic E-state index is 5.43. The maximum Gasteiger partial charge on any atom is 0.0704 e. The number of hydrogen-bond donors (Lipinski definition) is 1. The highest BCUT2D eigenvalue weighted by molar-refractivity contribution is 4.93. The van der Waals surface area contributed by atoms with Crippen molar-refractivity contribution in [3.63, 3.8) is 0 Å². The fraction of sp³-hybridized carbons (Fsp3) is 0.733. The molecule has 0 spiro atoms. The van der Waals surface area contributed by atoms with Crippen LogP contribution in [0.3, 0.4) is 0 Å². The predicted molar refractivity (Wildman–Crippen MR) is 79.3 cm³/mol. The lowest BCUT2D eigenvalue weighted by molar-refractivity contribution is 0.0194. The summed E-state index contributed by atoms with van der Waals surface area (Å²) in [4.78, 5) is 0. The summed E-state index contributed by atoms with van der Waals surface area (Å²) >= 11 is 0. The molecular formula is C15H29NO3. The Morgan fingerprint density at radius 1 is 0.947 bits per heavy atom. The van der Waals surface area contributed by atoms with E-state index >= 15 is 0 Å². The fourth-order valence-electron chi connectivity index (χ4n) is 1.17. The summed E-state index contributed by atoms with van der Waals surface area (Å²) in [6.45, 7) is 18.3. The van der Waals surface area contributed by atoms with Crippen molar-refractivity contribution in [2.45, 2.75) is 20.8 Å². The van der Waals surface area contributed by atoms with Gasteiger partial charge in [-0.05, 0) is 12.8 Å². The number of hydrogen-bond acceptors (Lipinski definition) is 4.